The summed E-state index contributed by atoms with van der Waals surface area (Å²) in [6.45, 7) is 4.96. The summed E-state index contributed by atoms with van der Waals surface area (Å²) in [6, 6.07) is 11.0. The van der Waals surface area contributed by atoms with Crippen molar-refractivity contribution >= 4 is 45.5 Å². The maximum atomic E-state index is 13.0. The predicted octanol–water partition coefficient (Wildman–Crippen LogP) is 4.30. The quantitative estimate of drug-likeness (QED) is 0.479. The highest BCUT2D eigenvalue weighted by molar-refractivity contribution is 9.10. The van der Waals surface area contributed by atoms with Crippen LogP contribution >= 0.6 is 15.9 Å². The number of imide groups is 2. The molecule has 8 heteroatoms. The van der Waals surface area contributed by atoms with Crippen LogP contribution in [0, 0.1) is 0 Å². The standard InChI is InChI=1S/C22H21BrN2O5/c1-3-11-30-16-8-6-15(7-9-16)25-21(27)17(20(26)24-22(25)28)12-14-5-10-19(29-4-2)18(23)13-14/h5-10,12-13H,3-4,11H2,1-2H3,(H,24,26,28)/b17-12-. The lowest BCUT2D eigenvalue weighted by molar-refractivity contribution is -0.122. The minimum absolute atomic E-state index is 0.142. The number of benzene rings is 2. The molecule has 0 aromatic heterocycles. The first-order valence-electron chi connectivity index (χ1n) is 9.51. The molecule has 156 valence electrons. The van der Waals surface area contributed by atoms with Gasteiger partial charge < -0.3 is 9.47 Å². The van der Waals surface area contributed by atoms with Crippen LogP contribution < -0.4 is 19.7 Å². The van der Waals surface area contributed by atoms with E-state index in [9.17, 15) is 14.4 Å². The number of ether oxygens (including phenoxy) is 2. The summed E-state index contributed by atoms with van der Waals surface area (Å²) in [5.41, 5.74) is 0.811. The van der Waals surface area contributed by atoms with Crippen LogP contribution in [0.4, 0.5) is 10.5 Å². The molecule has 2 aromatic rings. The average molecular weight is 473 g/mol. The minimum Gasteiger partial charge on any atom is -0.494 e. The second-order valence-corrected chi connectivity index (χ2v) is 7.28. The van der Waals surface area contributed by atoms with Crippen molar-refractivity contribution in [1.29, 1.82) is 0 Å². The van der Waals surface area contributed by atoms with E-state index in [0.29, 0.717) is 40.4 Å². The molecule has 0 unspecified atom stereocenters. The highest BCUT2D eigenvalue weighted by atomic mass is 79.9. The van der Waals surface area contributed by atoms with Gasteiger partial charge in [-0.15, -0.1) is 0 Å². The van der Waals surface area contributed by atoms with Crippen molar-refractivity contribution in [1.82, 2.24) is 5.32 Å². The summed E-state index contributed by atoms with van der Waals surface area (Å²) < 4.78 is 11.7. The number of barbiturate groups is 1. The van der Waals surface area contributed by atoms with Gasteiger partial charge in [-0.1, -0.05) is 13.0 Å². The topological polar surface area (TPSA) is 84.9 Å². The molecule has 0 atom stereocenters. The van der Waals surface area contributed by atoms with Gasteiger partial charge in [-0.25, -0.2) is 9.69 Å². The molecule has 2 aromatic carbocycles. The van der Waals surface area contributed by atoms with Gasteiger partial charge in [0.25, 0.3) is 11.8 Å². The van der Waals surface area contributed by atoms with Crippen LogP contribution in [-0.4, -0.2) is 31.1 Å². The van der Waals surface area contributed by atoms with Gasteiger partial charge >= 0.3 is 6.03 Å². The summed E-state index contributed by atoms with van der Waals surface area (Å²) >= 11 is 3.41. The number of carbonyl (C=O) groups excluding carboxylic acids is 3. The number of nitrogens with zero attached hydrogens (tertiary/aromatic N) is 1. The van der Waals surface area contributed by atoms with E-state index in [-0.39, 0.29) is 5.57 Å². The Labute approximate surface area is 182 Å². The summed E-state index contributed by atoms with van der Waals surface area (Å²) in [7, 11) is 0. The smallest absolute Gasteiger partial charge is 0.335 e. The Balaban J connectivity index is 1.89. The highest BCUT2D eigenvalue weighted by Gasteiger charge is 2.36. The third-order valence-electron chi connectivity index (χ3n) is 4.24. The number of urea groups is 1. The van der Waals surface area contributed by atoms with Crippen LogP contribution in [0.3, 0.4) is 0 Å². The molecule has 0 radical (unpaired) electrons. The number of amides is 4. The minimum atomic E-state index is -0.794. The molecule has 1 aliphatic rings. The number of hydrogen-bond donors (Lipinski definition) is 1. The zero-order valence-corrected chi connectivity index (χ0v) is 18.2. The Hall–Kier alpha value is -3.13. The number of rotatable bonds is 7. The molecule has 1 aliphatic heterocycles. The first-order valence-corrected chi connectivity index (χ1v) is 10.3. The van der Waals surface area contributed by atoms with E-state index in [1.165, 1.54) is 6.08 Å². The van der Waals surface area contributed by atoms with E-state index in [0.717, 1.165) is 11.3 Å². The number of halogens is 1. The summed E-state index contributed by atoms with van der Waals surface area (Å²) in [4.78, 5) is 38.6. The van der Waals surface area contributed by atoms with Gasteiger partial charge in [0.05, 0.1) is 23.4 Å². The second kappa shape index (κ2) is 9.58. The zero-order chi connectivity index (χ0) is 21.7. The van der Waals surface area contributed by atoms with Crippen molar-refractivity contribution in [3.8, 4) is 11.5 Å². The predicted molar refractivity (Wildman–Crippen MR) is 117 cm³/mol. The maximum Gasteiger partial charge on any atom is 0.335 e. The van der Waals surface area contributed by atoms with E-state index in [1.807, 2.05) is 13.8 Å². The molecule has 1 fully saturated rings. The molecule has 4 amide bonds. The van der Waals surface area contributed by atoms with E-state index in [4.69, 9.17) is 9.47 Å². The molecule has 1 N–H and O–H groups in total. The van der Waals surface area contributed by atoms with E-state index in [1.54, 1.807) is 42.5 Å². The van der Waals surface area contributed by atoms with Crippen molar-refractivity contribution in [2.75, 3.05) is 18.1 Å². The van der Waals surface area contributed by atoms with E-state index in [2.05, 4.69) is 21.2 Å². The molecule has 1 saturated heterocycles. The first kappa shape index (κ1) is 21.6. The third kappa shape index (κ3) is 4.71. The summed E-state index contributed by atoms with van der Waals surface area (Å²) in [6.07, 6.45) is 2.31. The fourth-order valence-electron chi connectivity index (χ4n) is 2.85. The zero-order valence-electron chi connectivity index (χ0n) is 16.6. The van der Waals surface area contributed by atoms with Gasteiger partial charge in [-0.3, -0.25) is 14.9 Å². The lowest BCUT2D eigenvalue weighted by atomic mass is 10.1. The normalized spacial score (nSPS) is 15.4. The number of anilines is 1. The molecule has 7 nitrogen and oxygen atoms in total. The Kier molecular flexibility index (Phi) is 6.89. The fraction of sp³-hybridized carbons (Fsp3) is 0.227. The maximum absolute atomic E-state index is 13.0. The molecule has 3 rings (SSSR count). The fourth-order valence-corrected chi connectivity index (χ4v) is 3.36. The summed E-state index contributed by atoms with van der Waals surface area (Å²) in [5.74, 6) is -0.150. The third-order valence-corrected chi connectivity index (χ3v) is 4.86. The van der Waals surface area contributed by atoms with Crippen molar-refractivity contribution in [2.24, 2.45) is 0 Å². The van der Waals surface area contributed by atoms with Gasteiger partial charge in [0, 0.05) is 0 Å². The van der Waals surface area contributed by atoms with Crippen LogP contribution in [0.5, 0.6) is 11.5 Å². The SMILES string of the molecule is CCCOc1ccc(N2C(=O)NC(=O)/C(=C/c3ccc(OCC)c(Br)c3)C2=O)cc1. The Morgan fingerprint density at radius 1 is 1.03 bits per heavy atom. The molecular weight excluding hydrogens is 452 g/mol. The average Bonchev–Trinajstić information content (AvgIpc) is 2.72. The van der Waals surface area contributed by atoms with Crippen LogP contribution in [0.25, 0.3) is 6.08 Å². The Morgan fingerprint density at radius 2 is 1.77 bits per heavy atom. The molecule has 0 spiro atoms. The Morgan fingerprint density at radius 3 is 2.40 bits per heavy atom. The second-order valence-electron chi connectivity index (χ2n) is 6.42. The monoisotopic (exact) mass is 472 g/mol. The van der Waals surface area contributed by atoms with Gasteiger partial charge in [0.2, 0.25) is 0 Å². The lowest BCUT2D eigenvalue weighted by Crippen LogP contribution is -2.54. The van der Waals surface area contributed by atoms with E-state index < -0.39 is 17.8 Å². The van der Waals surface area contributed by atoms with Crippen LogP contribution in [-0.2, 0) is 9.59 Å². The molecule has 0 saturated carbocycles. The number of hydrogen-bond acceptors (Lipinski definition) is 5. The lowest BCUT2D eigenvalue weighted by Gasteiger charge is -2.26. The van der Waals surface area contributed by atoms with Gasteiger partial charge in [0.15, 0.2) is 0 Å². The van der Waals surface area contributed by atoms with Crippen LogP contribution in [0.1, 0.15) is 25.8 Å². The molecule has 1 heterocycles. The molecule has 30 heavy (non-hydrogen) atoms. The largest absolute Gasteiger partial charge is 0.494 e. The van der Waals surface area contributed by atoms with Crippen molar-refractivity contribution in [3.63, 3.8) is 0 Å². The first-order chi connectivity index (χ1) is 14.4. The van der Waals surface area contributed by atoms with Crippen molar-refractivity contribution < 1.29 is 23.9 Å². The molecular formula is C22H21BrN2O5. The van der Waals surface area contributed by atoms with Crippen molar-refractivity contribution in [3.05, 3.63) is 58.1 Å². The number of carbonyl (C=O) groups is 3. The van der Waals surface area contributed by atoms with Gasteiger partial charge in [-0.05, 0) is 77.3 Å². The van der Waals surface area contributed by atoms with Crippen molar-refractivity contribution in [2.45, 2.75) is 20.3 Å². The van der Waals surface area contributed by atoms with E-state index >= 15 is 0 Å². The van der Waals surface area contributed by atoms with Gasteiger partial charge in [0.1, 0.15) is 17.1 Å². The van der Waals surface area contributed by atoms with Crippen LogP contribution in [0.2, 0.25) is 0 Å². The van der Waals surface area contributed by atoms with Gasteiger partial charge in [-0.2, -0.15) is 0 Å². The summed E-state index contributed by atoms with van der Waals surface area (Å²) in [5, 5.41) is 2.22. The molecule has 0 bridgehead atoms. The number of nitrogens with one attached hydrogen (secondary N) is 1. The van der Waals surface area contributed by atoms with Crippen LogP contribution in [0.15, 0.2) is 52.5 Å². The molecule has 0 aliphatic carbocycles. The highest BCUT2D eigenvalue weighted by Crippen LogP contribution is 2.28. The Bertz CT molecular complexity index is 1000.